The maximum absolute atomic E-state index is 13.5. The Morgan fingerprint density at radius 1 is 1.17 bits per heavy atom. The van der Waals surface area contributed by atoms with E-state index in [1.54, 1.807) is 7.11 Å². The normalized spacial score (nSPS) is 15.9. The lowest BCUT2D eigenvalue weighted by Crippen LogP contribution is -2.43. The molecule has 5 rings (SSSR count). The molecule has 0 saturated carbocycles. The number of rotatable bonds is 4. The molecule has 1 N–H and O–H groups in total. The van der Waals surface area contributed by atoms with Gasteiger partial charge in [0.1, 0.15) is 23.1 Å². The molecule has 0 fully saturated rings. The summed E-state index contributed by atoms with van der Waals surface area (Å²) < 4.78 is 7.24. The van der Waals surface area contributed by atoms with E-state index in [4.69, 9.17) is 4.74 Å². The molecule has 0 bridgehead atoms. The Hall–Kier alpha value is -3.61. The highest BCUT2D eigenvalue weighted by molar-refractivity contribution is 5.98. The van der Waals surface area contributed by atoms with E-state index in [-0.39, 0.29) is 11.9 Å². The Kier molecular flexibility index (Phi) is 4.50. The molecule has 0 aliphatic carbocycles. The van der Waals surface area contributed by atoms with E-state index in [1.165, 1.54) is 0 Å². The molecule has 7 heteroatoms. The van der Waals surface area contributed by atoms with Gasteiger partial charge in [-0.3, -0.25) is 4.79 Å². The van der Waals surface area contributed by atoms with Crippen molar-refractivity contribution in [2.45, 2.75) is 25.9 Å². The predicted octanol–water partition coefficient (Wildman–Crippen LogP) is 3.52. The van der Waals surface area contributed by atoms with Gasteiger partial charge in [0.15, 0.2) is 0 Å². The smallest absolute Gasteiger partial charge is 0.270 e. The largest absolute Gasteiger partial charge is 0.497 e. The molecule has 3 heterocycles. The number of carbonyl (C=O) groups excluding carboxylic acids is 1. The number of nitrogens with zero attached hydrogens (tertiary/aromatic N) is 4. The van der Waals surface area contributed by atoms with Crippen molar-refractivity contribution in [3.63, 3.8) is 0 Å². The molecule has 152 valence electrons. The molecule has 7 nitrogen and oxygen atoms in total. The lowest BCUT2D eigenvalue weighted by Gasteiger charge is -2.35. The zero-order chi connectivity index (χ0) is 20.7. The molecule has 30 heavy (non-hydrogen) atoms. The number of fused-ring (bicyclic) bond motifs is 2. The summed E-state index contributed by atoms with van der Waals surface area (Å²) in [6, 6.07) is 17.7. The van der Waals surface area contributed by atoms with Crippen molar-refractivity contribution in [2.75, 3.05) is 13.7 Å². The monoisotopic (exact) mass is 401 g/mol. The van der Waals surface area contributed by atoms with Gasteiger partial charge in [-0.1, -0.05) is 30.3 Å². The first-order chi connectivity index (χ1) is 14.6. The SMILES string of the molecule is COc1ccc2[nH]c(C(=O)N3CCn4nc(C)nc4[C@@H]3Cc3ccccc3)cc2c1. The van der Waals surface area contributed by atoms with Crippen molar-refractivity contribution in [3.8, 4) is 5.75 Å². The van der Waals surface area contributed by atoms with Gasteiger partial charge in [0.05, 0.1) is 19.7 Å². The molecule has 0 radical (unpaired) electrons. The molecule has 0 unspecified atom stereocenters. The van der Waals surface area contributed by atoms with Crippen LogP contribution in [-0.4, -0.2) is 44.2 Å². The molecule has 4 aromatic rings. The number of aromatic nitrogens is 4. The molecule has 1 atom stereocenters. The number of ether oxygens (including phenoxy) is 1. The minimum Gasteiger partial charge on any atom is -0.497 e. The van der Waals surface area contributed by atoms with Gasteiger partial charge < -0.3 is 14.6 Å². The number of hydrogen-bond donors (Lipinski definition) is 1. The minimum absolute atomic E-state index is 0.0296. The summed E-state index contributed by atoms with van der Waals surface area (Å²) in [6.07, 6.45) is 0.693. The van der Waals surface area contributed by atoms with Crippen LogP contribution in [0.25, 0.3) is 10.9 Å². The zero-order valence-electron chi connectivity index (χ0n) is 17.0. The second kappa shape index (κ2) is 7.33. The first kappa shape index (κ1) is 18.4. The van der Waals surface area contributed by atoms with Crippen LogP contribution >= 0.6 is 0 Å². The van der Waals surface area contributed by atoms with E-state index in [2.05, 4.69) is 27.2 Å². The minimum atomic E-state index is -0.171. The maximum atomic E-state index is 13.5. The van der Waals surface area contributed by atoms with Crippen molar-refractivity contribution in [1.82, 2.24) is 24.6 Å². The Morgan fingerprint density at radius 2 is 2.00 bits per heavy atom. The van der Waals surface area contributed by atoms with E-state index in [0.29, 0.717) is 25.2 Å². The van der Waals surface area contributed by atoms with E-state index in [9.17, 15) is 4.79 Å². The van der Waals surface area contributed by atoms with E-state index < -0.39 is 0 Å². The van der Waals surface area contributed by atoms with Crippen LogP contribution in [0.3, 0.4) is 0 Å². The summed E-state index contributed by atoms with van der Waals surface area (Å²) in [7, 11) is 1.64. The highest BCUT2D eigenvalue weighted by atomic mass is 16.5. The highest BCUT2D eigenvalue weighted by Crippen LogP contribution is 2.30. The van der Waals surface area contributed by atoms with Gasteiger partial charge in [-0.15, -0.1) is 0 Å². The number of hydrogen-bond acceptors (Lipinski definition) is 4. The van der Waals surface area contributed by atoms with Crippen LogP contribution < -0.4 is 4.74 Å². The molecular formula is C23H23N5O2. The first-order valence-corrected chi connectivity index (χ1v) is 10.1. The van der Waals surface area contributed by atoms with E-state index in [1.807, 2.05) is 59.0 Å². The van der Waals surface area contributed by atoms with Crippen LogP contribution in [-0.2, 0) is 13.0 Å². The standard InChI is InChI=1S/C23H23N5O2/c1-15-24-22-21(12-16-6-4-3-5-7-16)27(10-11-28(22)26-15)23(29)20-14-17-13-18(30-2)8-9-19(17)25-20/h3-9,13-14,21,25H,10-12H2,1-2H3/t21-/m0/s1. The third-order valence-electron chi connectivity index (χ3n) is 5.62. The van der Waals surface area contributed by atoms with E-state index >= 15 is 0 Å². The summed E-state index contributed by atoms with van der Waals surface area (Å²) in [5.74, 6) is 2.31. The molecule has 1 aliphatic rings. The fraction of sp³-hybridized carbons (Fsp3) is 0.261. The quantitative estimate of drug-likeness (QED) is 0.568. The van der Waals surface area contributed by atoms with Gasteiger partial charge in [0.25, 0.3) is 5.91 Å². The van der Waals surface area contributed by atoms with Gasteiger partial charge in [-0.25, -0.2) is 9.67 Å². The van der Waals surface area contributed by atoms with Crippen molar-refractivity contribution in [2.24, 2.45) is 0 Å². The summed E-state index contributed by atoms with van der Waals surface area (Å²) in [4.78, 5) is 23.4. The number of amides is 1. The van der Waals surface area contributed by atoms with Crippen LogP contribution in [0.2, 0.25) is 0 Å². The third kappa shape index (κ3) is 3.22. The number of carbonyl (C=O) groups is 1. The summed E-state index contributed by atoms with van der Waals surface area (Å²) in [5, 5.41) is 5.46. The number of H-pyrrole nitrogens is 1. The summed E-state index contributed by atoms with van der Waals surface area (Å²) in [5.41, 5.74) is 2.64. The Balaban J connectivity index is 1.51. The molecule has 1 aliphatic heterocycles. The second-order valence-corrected chi connectivity index (χ2v) is 7.58. The van der Waals surface area contributed by atoms with Crippen molar-refractivity contribution < 1.29 is 9.53 Å². The average Bonchev–Trinajstić information content (AvgIpc) is 3.36. The number of aromatic amines is 1. The molecule has 1 amide bonds. The summed E-state index contributed by atoms with van der Waals surface area (Å²) >= 11 is 0. The van der Waals surface area contributed by atoms with Gasteiger partial charge in [0, 0.05) is 23.9 Å². The lowest BCUT2D eigenvalue weighted by molar-refractivity contribution is 0.0603. The van der Waals surface area contributed by atoms with Crippen LogP contribution in [0.4, 0.5) is 0 Å². The fourth-order valence-corrected chi connectivity index (χ4v) is 4.17. The topological polar surface area (TPSA) is 76.0 Å². The molecule has 2 aromatic heterocycles. The van der Waals surface area contributed by atoms with Gasteiger partial charge >= 0.3 is 0 Å². The highest BCUT2D eigenvalue weighted by Gasteiger charge is 2.34. The lowest BCUT2D eigenvalue weighted by atomic mass is 10.0. The van der Waals surface area contributed by atoms with Crippen LogP contribution in [0, 0.1) is 6.92 Å². The van der Waals surface area contributed by atoms with Gasteiger partial charge in [-0.05, 0) is 36.8 Å². The number of nitrogens with one attached hydrogen (secondary N) is 1. The molecular weight excluding hydrogens is 378 g/mol. The predicted molar refractivity (Wildman–Crippen MR) is 114 cm³/mol. The molecule has 2 aromatic carbocycles. The Labute approximate surface area is 174 Å². The van der Waals surface area contributed by atoms with Crippen LogP contribution in [0.15, 0.2) is 54.6 Å². The number of aryl methyl sites for hydroxylation is 1. The average molecular weight is 401 g/mol. The number of methoxy groups -OCH3 is 1. The molecule has 0 saturated heterocycles. The Morgan fingerprint density at radius 3 is 2.80 bits per heavy atom. The van der Waals surface area contributed by atoms with Crippen LogP contribution in [0.1, 0.15) is 33.7 Å². The third-order valence-corrected chi connectivity index (χ3v) is 5.62. The van der Waals surface area contributed by atoms with Crippen molar-refractivity contribution in [1.29, 1.82) is 0 Å². The zero-order valence-corrected chi connectivity index (χ0v) is 17.0. The fourth-order valence-electron chi connectivity index (χ4n) is 4.17. The van der Waals surface area contributed by atoms with Crippen LogP contribution in [0.5, 0.6) is 5.75 Å². The molecule has 0 spiro atoms. The van der Waals surface area contributed by atoms with E-state index in [0.717, 1.165) is 33.9 Å². The maximum Gasteiger partial charge on any atom is 0.270 e. The van der Waals surface area contributed by atoms with Crippen molar-refractivity contribution in [3.05, 3.63) is 77.5 Å². The first-order valence-electron chi connectivity index (χ1n) is 10.1. The second-order valence-electron chi connectivity index (χ2n) is 7.58. The summed E-state index contributed by atoms with van der Waals surface area (Å²) in [6.45, 7) is 3.12. The van der Waals surface area contributed by atoms with Crippen molar-refractivity contribution >= 4 is 16.8 Å². The van der Waals surface area contributed by atoms with Gasteiger partial charge in [-0.2, -0.15) is 5.10 Å². The Bertz CT molecular complexity index is 1210. The van der Waals surface area contributed by atoms with Gasteiger partial charge in [0.2, 0.25) is 0 Å². The number of benzene rings is 2.